The molecular formula is C23H18FN3O5S. The van der Waals surface area contributed by atoms with Crippen LogP contribution < -0.4 is 14.9 Å². The van der Waals surface area contributed by atoms with E-state index in [0.29, 0.717) is 16.1 Å². The highest BCUT2D eigenvalue weighted by Gasteiger charge is 2.34. The van der Waals surface area contributed by atoms with Crippen molar-refractivity contribution in [1.29, 1.82) is 0 Å². The third-order valence-electron chi connectivity index (χ3n) is 5.11. The van der Waals surface area contributed by atoms with E-state index in [1.165, 1.54) is 34.9 Å². The number of fused-ring (bicyclic) bond motifs is 1. The monoisotopic (exact) mass is 467 g/mol. The van der Waals surface area contributed by atoms with Gasteiger partial charge in [0.15, 0.2) is 4.80 Å². The van der Waals surface area contributed by atoms with E-state index >= 15 is 0 Å². The van der Waals surface area contributed by atoms with E-state index in [0.717, 1.165) is 11.3 Å². The Balaban J connectivity index is 1.99. The van der Waals surface area contributed by atoms with Crippen molar-refractivity contribution in [3.8, 4) is 0 Å². The molecular weight excluding hydrogens is 449 g/mol. The van der Waals surface area contributed by atoms with Gasteiger partial charge >= 0.3 is 5.97 Å². The lowest BCUT2D eigenvalue weighted by atomic mass is 9.95. The summed E-state index contributed by atoms with van der Waals surface area (Å²) in [6, 6.07) is 10.8. The Labute approximate surface area is 190 Å². The Kier molecular flexibility index (Phi) is 6.01. The Bertz CT molecular complexity index is 1490. The number of rotatable bonds is 5. The molecule has 10 heteroatoms. The van der Waals surface area contributed by atoms with Crippen molar-refractivity contribution < 1.29 is 18.8 Å². The van der Waals surface area contributed by atoms with Crippen molar-refractivity contribution >= 4 is 29.1 Å². The zero-order valence-electron chi connectivity index (χ0n) is 17.6. The van der Waals surface area contributed by atoms with E-state index in [4.69, 9.17) is 4.74 Å². The molecule has 0 saturated carbocycles. The van der Waals surface area contributed by atoms with Gasteiger partial charge < -0.3 is 4.74 Å². The van der Waals surface area contributed by atoms with Crippen LogP contribution in [0.2, 0.25) is 0 Å². The molecule has 2 heterocycles. The number of esters is 1. The normalized spacial score (nSPS) is 15.7. The number of nitrogens with zero attached hydrogens (tertiary/aromatic N) is 3. The van der Waals surface area contributed by atoms with Crippen LogP contribution in [0.4, 0.5) is 10.1 Å². The fourth-order valence-corrected chi connectivity index (χ4v) is 4.69. The van der Waals surface area contributed by atoms with Crippen LogP contribution in [0.15, 0.2) is 69.6 Å². The summed E-state index contributed by atoms with van der Waals surface area (Å²) in [4.78, 5) is 41.8. The Hall–Kier alpha value is -3.92. The van der Waals surface area contributed by atoms with Crippen LogP contribution in [-0.2, 0) is 9.53 Å². The van der Waals surface area contributed by atoms with Gasteiger partial charge in [0.1, 0.15) is 5.82 Å². The van der Waals surface area contributed by atoms with Crippen LogP contribution in [-0.4, -0.2) is 22.1 Å². The molecule has 1 aliphatic heterocycles. The first-order valence-electron chi connectivity index (χ1n) is 10.0. The Morgan fingerprint density at radius 1 is 1.30 bits per heavy atom. The van der Waals surface area contributed by atoms with E-state index in [1.54, 1.807) is 38.1 Å². The molecule has 0 saturated heterocycles. The van der Waals surface area contributed by atoms with E-state index < -0.39 is 28.3 Å². The highest BCUT2D eigenvalue weighted by Crippen LogP contribution is 2.32. The SMILES string of the molecule is CCOC(=O)C1=C(C)N=c2s/c(=C\c3ccccc3F)c(=O)n2[C@H]1c1cccc([N+](=O)[O-])c1. The molecule has 0 aliphatic carbocycles. The lowest BCUT2D eigenvalue weighted by molar-refractivity contribution is -0.384. The highest BCUT2D eigenvalue weighted by atomic mass is 32.1. The fourth-order valence-electron chi connectivity index (χ4n) is 3.65. The third kappa shape index (κ3) is 4.12. The van der Waals surface area contributed by atoms with Crippen LogP contribution in [0.5, 0.6) is 0 Å². The minimum Gasteiger partial charge on any atom is -0.463 e. The number of aromatic nitrogens is 1. The lowest BCUT2D eigenvalue weighted by Gasteiger charge is -2.24. The second-order valence-electron chi connectivity index (χ2n) is 7.18. The van der Waals surface area contributed by atoms with Crippen LogP contribution in [0.25, 0.3) is 6.08 Å². The summed E-state index contributed by atoms with van der Waals surface area (Å²) in [5, 5.41) is 11.3. The van der Waals surface area contributed by atoms with Crippen LogP contribution in [0.3, 0.4) is 0 Å². The Morgan fingerprint density at radius 3 is 2.76 bits per heavy atom. The average Bonchev–Trinajstić information content (AvgIpc) is 3.09. The van der Waals surface area contributed by atoms with E-state index in [9.17, 15) is 24.1 Å². The van der Waals surface area contributed by atoms with Crippen molar-refractivity contribution in [1.82, 2.24) is 4.57 Å². The molecule has 2 aromatic carbocycles. The quantitative estimate of drug-likeness (QED) is 0.326. The summed E-state index contributed by atoms with van der Waals surface area (Å²) in [6.07, 6.45) is 1.42. The predicted molar refractivity (Wildman–Crippen MR) is 120 cm³/mol. The molecule has 1 aliphatic rings. The van der Waals surface area contributed by atoms with Crippen molar-refractivity contribution in [3.63, 3.8) is 0 Å². The smallest absolute Gasteiger partial charge is 0.338 e. The van der Waals surface area contributed by atoms with Gasteiger partial charge in [-0.25, -0.2) is 14.2 Å². The minimum atomic E-state index is -0.983. The number of hydrogen-bond acceptors (Lipinski definition) is 7. The number of nitro groups is 1. The number of carbonyl (C=O) groups excluding carboxylic acids is 1. The number of nitro benzene ring substituents is 1. The number of hydrogen-bond donors (Lipinski definition) is 0. The highest BCUT2D eigenvalue weighted by molar-refractivity contribution is 7.07. The standard InChI is InChI=1S/C23H18FN3O5S/c1-3-32-22(29)19-13(2)25-23-26(20(19)15-8-6-9-16(11-15)27(30)31)21(28)18(33-23)12-14-7-4-5-10-17(14)24/h4-12,20H,3H2,1-2H3/b18-12-/t20-/m0/s1. The molecule has 0 N–H and O–H groups in total. The summed E-state index contributed by atoms with van der Waals surface area (Å²) in [6.45, 7) is 3.37. The summed E-state index contributed by atoms with van der Waals surface area (Å²) >= 11 is 1.05. The van der Waals surface area contributed by atoms with Gasteiger partial charge in [-0.3, -0.25) is 19.5 Å². The molecule has 0 bridgehead atoms. The molecule has 0 unspecified atom stereocenters. The summed E-state index contributed by atoms with van der Waals surface area (Å²) in [5.74, 6) is -1.15. The molecule has 168 valence electrons. The van der Waals surface area contributed by atoms with Gasteiger partial charge in [0.25, 0.3) is 11.2 Å². The number of halogens is 1. The third-order valence-corrected chi connectivity index (χ3v) is 6.09. The number of ether oxygens (including phenoxy) is 1. The fraction of sp³-hybridized carbons (Fsp3) is 0.174. The predicted octanol–water partition coefficient (Wildman–Crippen LogP) is 2.85. The molecule has 33 heavy (non-hydrogen) atoms. The maximum Gasteiger partial charge on any atom is 0.338 e. The van der Waals surface area contributed by atoms with Gasteiger partial charge in [-0.1, -0.05) is 41.7 Å². The lowest BCUT2D eigenvalue weighted by Crippen LogP contribution is -2.40. The molecule has 0 amide bonds. The summed E-state index contributed by atoms with van der Waals surface area (Å²) in [5.41, 5.74) is 0.369. The molecule has 0 spiro atoms. The molecule has 0 fully saturated rings. The van der Waals surface area contributed by atoms with Crippen molar-refractivity contribution in [3.05, 3.63) is 107 Å². The van der Waals surface area contributed by atoms with Crippen molar-refractivity contribution in [2.75, 3.05) is 6.61 Å². The number of thiazole rings is 1. The van der Waals surface area contributed by atoms with Gasteiger partial charge in [-0.15, -0.1) is 0 Å². The van der Waals surface area contributed by atoms with Gasteiger partial charge in [0.05, 0.1) is 33.4 Å². The van der Waals surface area contributed by atoms with Crippen LogP contribution >= 0.6 is 11.3 Å². The van der Waals surface area contributed by atoms with Gasteiger partial charge in [0, 0.05) is 17.7 Å². The van der Waals surface area contributed by atoms with Crippen LogP contribution in [0.1, 0.15) is 31.0 Å². The van der Waals surface area contributed by atoms with Gasteiger partial charge in [-0.2, -0.15) is 0 Å². The van der Waals surface area contributed by atoms with E-state index in [-0.39, 0.29) is 28.0 Å². The second-order valence-corrected chi connectivity index (χ2v) is 8.18. The number of non-ortho nitro benzene ring substituents is 1. The average molecular weight is 467 g/mol. The molecule has 0 radical (unpaired) electrons. The van der Waals surface area contributed by atoms with E-state index in [1.807, 2.05) is 0 Å². The summed E-state index contributed by atoms with van der Waals surface area (Å²) < 4.78 is 20.9. The van der Waals surface area contributed by atoms with Crippen molar-refractivity contribution in [2.45, 2.75) is 19.9 Å². The maximum atomic E-state index is 14.2. The topological polar surface area (TPSA) is 104 Å². The zero-order chi connectivity index (χ0) is 23.7. The molecule has 8 nitrogen and oxygen atoms in total. The number of allylic oxidation sites excluding steroid dienone is 1. The first-order valence-corrected chi connectivity index (χ1v) is 10.8. The zero-order valence-corrected chi connectivity index (χ0v) is 18.5. The molecule has 3 aromatic rings. The number of benzene rings is 2. The first-order chi connectivity index (χ1) is 15.8. The van der Waals surface area contributed by atoms with E-state index in [2.05, 4.69) is 4.99 Å². The van der Waals surface area contributed by atoms with Crippen molar-refractivity contribution in [2.24, 2.45) is 4.99 Å². The molecule has 1 aromatic heterocycles. The second kappa shape index (κ2) is 8.91. The first kappa shape index (κ1) is 22.3. The van der Waals surface area contributed by atoms with Gasteiger partial charge in [-0.05, 0) is 31.6 Å². The largest absolute Gasteiger partial charge is 0.463 e. The maximum absolute atomic E-state index is 14.2. The van der Waals surface area contributed by atoms with Crippen LogP contribution in [0, 0.1) is 15.9 Å². The number of carbonyl (C=O) groups is 1. The molecule has 4 rings (SSSR count). The Morgan fingerprint density at radius 2 is 2.06 bits per heavy atom. The van der Waals surface area contributed by atoms with Gasteiger partial charge in [0.2, 0.25) is 0 Å². The minimum absolute atomic E-state index is 0.106. The molecule has 1 atom stereocenters. The summed E-state index contributed by atoms with van der Waals surface area (Å²) in [7, 11) is 0.